The first-order valence-corrected chi connectivity index (χ1v) is 7.25. The maximum atomic E-state index is 11.8. The molecule has 0 aliphatic rings. The molecule has 0 bridgehead atoms. The molecule has 15 heavy (non-hydrogen) atoms. The van der Waals surface area contributed by atoms with Crippen LogP contribution in [-0.2, 0) is 11.0 Å². The van der Waals surface area contributed by atoms with E-state index in [1.165, 1.54) is 0 Å². The van der Waals surface area contributed by atoms with Gasteiger partial charge in [0.1, 0.15) is 0 Å². The van der Waals surface area contributed by atoms with Gasteiger partial charge in [0.2, 0.25) is 0 Å². The van der Waals surface area contributed by atoms with Crippen molar-refractivity contribution in [3.63, 3.8) is 0 Å². The molecule has 0 atom stereocenters. The van der Waals surface area contributed by atoms with Crippen molar-refractivity contribution >= 4 is 67.1 Å². The number of rotatable bonds is 3. The fourth-order valence-electron chi connectivity index (χ4n) is 1.05. The average Bonchev–Trinajstić information content (AvgIpc) is 2.18. The summed E-state index contributed by atoms with van der Waals surface area (Å²) < 4.78 is 5.28. The fraction of sp³-hybridized carbons (Fsp3) is 0.300. The van der Waals surface area contributed by atoms with E-state index in [1.54, 1.807) is 6.92 Å². The highest BCUT2D eigenvalue weighted by Crippen LogP contribution is 2.43. The Bertz CT molecular complexity index is 366. The Morgan fingerprint density at radius 1 is 1.47 bits per heavy atom. The smallest absolute Gasteiger partial charge is 0.336 e. The molecule has 0 radical (unpaired) electrons. The van der Waals surface area contributed by atoms with Gasteiger partial charge in [-0.15, -0.1) is 0 Å². The highest BCUT2D eigenvalue weighted by molar-refractivity contribution is 14.2. The number of benzene rings is 1. The molecule has 0 aliphatic heterocycles. The average molecular weight is 495 g/mol. The monoisotopic (exact) mass is 494 g/mol. The third-order valence-electron chi connectivity index (χ3n) is 1.74. The minimum atomic E-state index is -0.675. The van der Waals surface area contributed by atoms with Crippen LogP contribution in [0.5, 0.6) is 0 Å². The molecule has 1 aromatic rings. The predicted octanol–water partition coefficient (Wildman–Crippen LogP) is 4.04. The second-order valence-electron chi connectivity index (χ2n) is 2.77. The Morgan fingerprint density at radius 3 is 2.60 bits per heavy atom. The van der Waals surface area contributed by atoms with Gasteiger partial charge in [0, 0.05) is 10.0 Å². The van der Waals surface area contributed by atoms with Crippen molar-refractivity contribution in [1.29, 1.82) is 0 Å². The first-order chi connectivity index (χ1) is 7.00. The second kappa shape index (κ2) is 5.81. The van der Waals surface area contributed by atoms with E-state index >= 15 is 0 Å². The summed E-state index contributed by atoms with van der Waals surface area (Å²) in [7, 11) is 0. The first kappa shape index (κ1) is 13.7. The van der Waals surface area contributed by atoms with Gasteiger partial charge in [0.05, 0.1) is 6.61 Å². The van der Waals surface area contributed by atoms with E-state index in [0.717, 1.165) is 10.0 Å². The minimum Gasteiger partial charge on any atom is -0.464 e. The Morgan fingerprint density at radius 2 is 2.07 bits per heavy atom. The van der Waals surface area contributed by atoms with Crippen LogP contribution >= 0.6 is 61.1 Å². The van der Waals surface area contributed by atoms with Crippen molar-refractivity contribution in [3.8, 4) is 0 Å². The van der Waals surface area contributed by atoms with Gasteiger partial charge in [0.15, 0.2) is 1.43 Å². The maximum Gasteiger partial charge on any atom is 0.336 e. The van der Waals surface area contributed by atoms with Crippen LogP contribution in [0.1, 0.15) is 12.5 Å². The standard InChI is InChI=1S/C10H9BrI2O2/c1-2-15-9(14)10(12,13)7-5-3-4-6-8(7)11/h3-6H,2H2,1H3. The van der Waals surface area contributed by atoms with Crippen molar-refractivity contribution in [2.24, 2.45) is 0 Å². The molecule has 0 aliphatic carbocycles. The number of halogens is 3. The zero-order chi connectivity index (χ0) is 11.5. The van der Waals surface area contributed by atoms with E-state index in [4.69, 9.17) is 4.74 Å². The highest BCUT2D eigenvalue weighted by Gasteiger charge is 2.37. The van der Waals surface area contributed by atoms with E-state index in [0.29, 0.717) is 6.61 Å². The molecule has 0 aromatic heterocycles. The summed E-state index contributed by atoms with van der Waals surface area (Å²) in [6, 6.07) is 7.66. The van der Waals surface area contributed by atoms with Gasteiger partial charge in [-0.1, -0.05) is 34.1 Å². The summed E-state index contributed by atoms with van der Waals surface area (Å²) in [6.07, 6.45) is 0. The lowest BCUT2D eigenvalue weighted by Gasteiger charge is -2.20. The summed E-state index contributed by atoms with van der Waals surface area (Å²) in [4.78, 5) is 11.8. The van der Waals surface area contributed by atoms with Gasteiger partial charge in [-0.25, -0.2) is 4.79 Å². The van der Waals surface area contributed by atoms with Crippen LogP contribution in [0.2, 0.25) is 0 Å². The lowest BCUT2D eigenvalue weighted by atomic mass is 10.1. The van der Waals surface area contributed by atoms with Crippen LogP contribution in [0.15, 0.2) is 28.7 Å². The Labute approximate surface area is 125 Å². The second-order valence-corrected chi connectivity index (χ2v) is 8.93. The molecule has 0 fully saturated rings. The zero-order valence-electron chi connectivity index (χ0n) is 7.97. The normalized spacial score (nSPS) is 11.2. The lowest BCUT2D eigenvalue weighted by Crippen LogP contribution is -2.25. The number of esters is 1. The molecule has 0 heterocycles. The molecule has 1 rings (SSSR count). The van der Waals surface area contributed by atoms with Crippen molar-refractivity contribution in [2.75, 3.05) is 6.61 Å². The summed E-state index contributed by atoms with van der Waals surface area (Å²) >= 11 is 7.63. The summed E-state index contributed by atoms with van der Waals surface area (Å²) in [5.74, 6) is -0.224. The van der Waals surface area contributed by atoms with Crippen LogP contribution in [0, 0.1) is 0 Å². The van der Waals surface area contributed by atoms with Crippen LogP contribution in [0.25, 0.3) is 0 Å². The Balaban J connectivity index is 3.05. The van der Waals surface area contributed by atoms with Gasteiger partial charge < -0.3 is 4.74 Å². The summed E-state index contributed by atoms with van der Waals surface area (Å²) in [6.45, 7) is 2.21. The number of alkyl halides is 2. The quantitative estimate of drug-likeness (QED) is 0.360. The molecule has 0 saturated carbocycles. The molecular weight excluding hydrogens is 486 g/mol. The Hall–Kier alpha value is 0.630. The third kappa shape index (κ3) is 3.29. The maximum absolute atomic E-state index is 11.8. The van der Waals surface area contributed by atoms with Crippen molar-refractivity contribution in [1.82, 2.24) is 0 Å². The first-order valence-electron chi connectivity index (χ1n) is 4.30. The van der Waals surface area contributed by atoms with Crippen LogP contribution in [-0.4, -0.2) is 12.6 Å². The highest BCUT2D eigenvalue weighted by atomic mass is 127. The van der Waals surface area contributed by atoms with Crippen molar-refractivity contribution in [2.45, 2.75) is 8.35 Å². The van der Waals surface area contributed by atoms with Crippen molar-refractivity contribution in [3.05, 3.63) is 34.3 Å². The molecule has 82 valence electrons. The number of carbonyl (C=O) groups is 1. The minimum absolute atomic E-state index is 0.224. The topological polar surface area (TPSA) is 26.3 Å². The number of ether oxygens (including phenoxy) is 1. The van der Waals surface area contributed by atoms with Crippen molar-refractivity contribution < 1.29 is 9.53 Å². The molecule has 2 nitrogen and oxygen atoms in total. The summed E-state index contributed by atoms with van der Waals surface area (Å²) in [5.41, 5.74) is 0.921. The molecule has 0 spiro atoms. The molecule has 0 amide bonds. The van der Waals surface area contributed by atoms with Gasteiger partial charge in [-0.05, 0) is 58.2 Å². The molecule has 1 aromatic carbocycles. The molecule has 0 unspecified atom stereocenters. The van der Waals surface area contributed by atoms with Gasteiger partial charge in [-0.3, -0.25) is 0 Å². The third-order valence-corrected chi connectivity index (χ3v) is 4.48. The molecular formula is C10H9BrI2O2. The van der Waals surface area contributed by atoms with E-state index < -0.39 is 1.43 Å². The SMILES string of the molecule is CCOC(=O)C(I)(I)c1ccccc1Br. The number of hydrogen-bond acceptors (Lipinski definition) is 2. The van der Waals surface area contributed by atoms with Crippen LogP contribution < -0.4 is 0 Å². The van der Waals surface area contributed by atoms with Gasteiger partial charge >= 0.3 is 5.97 Å². The fourth-order valence-corrected chi connectivity index (χ4v) is 3.62. The Kier molecular flexibility index (Phi) is 5.30. The molecule has 5 heteroatoms. The number of hydrogen-bond donors (Lipinski definition) is 0. The van der Waals surface area contributed by atoms with Crippen LogP contribution in [0.3, 0.4) is 0 Å². The molecule has 0 N–H and O–H groups in total. The van der Waals surface area contributed by atoms with E-state index in [1.807, 2.05) is 24.3 Å². The van der Waals surface area contributed by atoms with Gasteiger partial charge in [-0.2, -0.15) is 0 Å². The predicted molar refractivity (Wildman–Crippen MR) is 80.5 cm³/mol. The lowest BCUT2D eigenvalue weighted by molar-refractivity contribution is -0.142. The molecule has 0 saturated heterocycles. The van der Waals surface area contributed by atoms with E-state index in [9.17, 15) is 4.79 Å². The number of carbonyl (C=O) groups excluding carboxylic acids is 1. The largest absolute Gasteiger partial charge is 0.464 e. The van der Waals surface area contributed by atoms with E-state index in [-0.39, 0.29) is 5.97 Å². The summed E-state index contributed by atoms with van der Waals surface area (Å²) in [5, 5.41) is 0. The van der Waals surface area contributed by atoms with E-state index in [2.05, 4.69) is 61.1 Å². The zero-order valence-corrected chi connectivity index (χ0v) is 13.9. The van der Waals surface area contributed by atoms with Gasteiger partial charge in [0.25, 0.3) is 0 Å². The van der Waals surface area contributed by atoms with Crippen LogP contribution in [0.4, 0.5) is 0 Å².